The van der Waals surface area contributed by atoms with Crippen molar-refractivity contribution in [2.45, 2.75) is 19.8 Å². The number of rotatable bonds is 5. The minimum Gasteiger partial charge on any atom is -0.368 e. The molecule has 0 atom stereocenters. The number of hydrogen-bond donors (Lipinski definition) is 2. The van der Waals surface area contributed by atoms with Crippen LogP contribution in [0.15, 0.2) is 5.11 Å². The van der Waals surface area contributed by atoms with Crippen LogP contribution in [0, 0.1) is 0 Å². The number of aromatic nitrogens is 3. The summed E-state index contributed by atoms with van der Waals surface area (Å²) in [6.07, 6.45) is 2.07. The molecule has 0 fully saturated rings. The molecule has 3 N–H and O–H groups in total. The molecule has 0 saturated heterocycles. The Morgan fingerprint density at radius 2 is 2.27 bits per heavy atom. The predicted octanol–water partition coefficient (Wildman–Crippen LogP) is 1.61. The highest BCUT2D eigenvalue weighted by atomic mass is 15.3. The molecule has 0 bridgehead atoms. The Balaban J connectivity index is 2.74. The summed E-state index contributed by atoms with van der Waals surface area (Å²) in [7, 11) is 0. The quantitative estimate of drug-likeness (QED) is 0.329. The lowest BCUT2D eigenvalue weighted by atomic mass is 10.3. The Morgan fingerprint density at radius 3 is 2.93 bits per heavy atom. The number of azide groups is 1. The van der Waals surface area contributed by atoms with E-state index in [-0.39, 0.29) is 11.9 Å². The van der Waals surface area contributed by atoms with Gasteiger partial charge in [-0.25, -0.2) is 0 Å². The second kappa shape index (κ2) is 5.61. The molecular weight excluding hydrogens is 196 g/mol. The highest BCUT2D eigenvalue weighted by Gasteiger charge is 2.01. The van der Waals surface area contributed by atoms with Crippen molar-refractivity contribution in [2.24, 2.45) is 5.11 Å². The van der Waals surface area contributed by atoms with Crippen molar-refractivity contribution in [1.29, 1.82) is 0 Å². The van der Waals surface area contributed by atoms with E-state index in [2.05, 4.69) is 37.2 Å². The number of nitrogens with two attached hydrogens (primary N) is 1. The highest BCUT2D eigenvalue weighted by molar-refractivity contribution is 5.36. The van der Waals surface area contributed by atoms with Crippen molar-refractivity contribution in [1.82, 2.24) is 15.0 Å². The standard InChI is InChI=1S/C7H12N8/c1-2-3-4-10-6-11-5(8)12-7(13-6)14-15-9/h2-4H2,1H3,(H3,8,10,11,12,13). The molecule has 0 spiro atoms. The van der Waals surface area contributed by atoms with Gasteiger partial charge in [0, 0.05) is 11.5 Å². The molecule has 0 saturated carbocycles. The van der Waals surface area contributed by atoms with Crippen LogP contribution in [-0.2, 0) is 0 Å². The lowest BCUT2D eigenvalue weighted by Crippen LogP contribution is -2.07. The summed E-state index contributed by atoms with van der Waals surface area (Å²) < 4.78 is 0. The van der Waals surface area contributed by atoms with E-state index in [1.165, 1.54) is 0 Å². The lowest BCUT2D eigenvalue weighted by Gasteiger charge is -2.03. The second-order valence-corrected chi connectivity index (χ2v) is 2.79. The van der Waals surface area contributed by atoms with Gasteiger partial charge in [-0.2, -0.15) is 15.0 Å². The summed E-state index contributed by atoms with van der Waals surface area (Å²) >= 11 is 0. The van der Waals surface area contributed by atoms with Gasteiger partial charge in [-0.15, -0.1) is 0 Å². The minimum atomic E-state index is -0.0241. The Morgan fingerprint density at radius 1 is 1.47 bits per heavy atom. The van der Waals surface area contributed by atoms with E-state index in [4.69, 9.17) is 11.3 Å². The van der Waals surface area contributed by atoms with Crippen molar-refractivity contribution >= 4 is 17.8 Å². The maximum atomic E-state index is 8.21. The fourth-order valence-electron chi connectivity index (χ4n) is 0.921. The van der Waals surface area contributed by atoms with Crippen LogP contribution in [0.2, 0.25) is 0 Å². The average Bonchev–Trinajstić information content (AvgIpc) is 2.18. The van der Waals surface area contributed by atoms with Crippen LogP contribution in [0.3, 0.4) is 0 Å². The van der Waals surface area contributed by atoms with E-state index in [1.54, 1.807) is 0 Å². The molecule has 8 heteroatoms. The van der Waals surface area contributed by atoms with Gasteiger partial charge in [0.15, 0.2) is 0 Å². The first-order valence-corrected chi connectivity index (χ1v) is 4.56. The summed E-state index contributed by atoms with van der Waals surface area (Å²) in [6.45, 7) is 2.82. The smallest absolute Gasteiger partial charge is 0.227 e. The lowest BCUT2D eigenvalue weighted by molar-refractivity contribution is 0.824. The summed E-state index contributed by atoms with van der Waals surface area (Å²) in [4.78, 5) is 13.9. The molecule has 15 heavy (non-hydrogen) atoms. The predicted molar refractivity (Wildman–Crippen MR) is 56.4 cm³/mol. The van der Waals surface area contributed by atoms with Crippen LogP contribution in [0.4, 0.5) is 17.8 Å². The van der Waals surface area contributed by atoms with Gasteiger partial charge in [0.05, 0.1) is 0 Å². The van der Waals surface area contributed by atoms with Crippen molar-refractivity contribution in [3.8, 4) is 0 Å². The molecule has 0 unspecified atom stereocenters. The van der Waals surface area contributed by atoms with E-state index in [1.807, 2.05) is 0 Å². The SMILES string of the molecule is CCCCNc1nc(N)nc(N=[N+]=[N-])n1. The molecule has 0 aliphatic rings. The zero-order valence-corrected chi connectivity index (χ0v) is 8.38. The van der Waals surface area contributed by atoms with Crippen molar-refractivity contribution < 1.29 is 0 Å². The van der Waals surface area contributed by atoms with E-state index in [9.17, 15) is 0 Å². The fourth-order valence-corrected chi connectivity index (χ4v) is 0.921. The molecular formula is C7H12N8. The number of nitrogens with zero attached hydrogens (tertiary/aromatic N) is 6. The Bertz CT molecular complexity index is 369. The van der Waals surface area contributed by atoms with Gasteiger partial charge >= 0.3 is 0 Å². The zero-order chi connectivity index (χ0) is 11.1. The molecule has 1 aromatic rings. The first-order valence-electron chi connectivity index (χ1n) is 4.56. The minimum absolute atomic E-state index is 0.0241. The third kappa shape index (κ3) is 3.65. The van der Waals surface area contributed by atoms with E-state index >= 15 is 0 Å². The summed E-state index contributed by atoms with van der Waals surface area (Å²) in [5.74, 6) is 0.341. The van der Waals surface area contributed by atoms with Gasteiger partial charge in [-0.05, 0) is 17.1 Å². The summed E-state index contributed by atoms with van der Waals surface area (Å²) in [5, 5.41) is 6.21. The maximum absolute atomic E-state index is 8.21. The first kappa shape index (κ1) is 11.0. The Labute approximate surface area is 86.6 Å². The van der Waals surface area contributed by atoms with Crippen LogP contribution < -0.4 is 11.1 Å². The zero-order valence-electron chi connectivity index (χ0n) is 8.38. The molecule has 1 aromatic heterocycles. The molecule has 0 radical (unpaired) electrons. The van der Waals surface area contributed by atoms with E-state index < -0.39 is 0 Å². The van der Waals surface area contributed by atoms with Gasteiger partial charge in [0.2, 0.25) is 17.8 Å². The molecule has 0 aliphatic heterocycles. The number of anilines is 2. The van der Waals surface area contributed by atoms with E-state index in [0.29, 0.717) is 5.95 Å². The first-order chi connectivity index (χ1) is 7.26. The highest BCUT2D eigenvalue weighted by Crippen LogP contribution is 2.09. The van der Waals surface area contributed by atoms with Crippen molar-refractivity contribution in [2.75, 3.05) is 17.6 Å². The molecule has 0 amide bonds. The monoisotopic (exact) mass is 208 g/mol. The van der Waals surface area contributed by atoms with Crippen molar-refractivity contribution in [3.05, 3.63) is 10.4 Å². The van der Waals surface area contributed by atoms with Gasteiger partial charge in [-0.3, -0.25) is 0 Å². The third-order valence-electron chi connectivity index (χ3n) is 1.59. The third-order valence-corrected chi connectivity index (χ3v) is 1.59. The van der Waals surface area contributed by atoms with Gasteiger partial charge in [-0.1, -0.05) is 13.3 Å². The molecule has 1 heterocycles. The van der Waals surface area contributed by atoms with Crippen LogP contribution in [0.1, 0.15) is 19.8 Å². The Kier molecular flexibility index (Phi) is 4.11. The fraction of sp³-hybridized carbons (Fsp3) is 0.571. The number of hydrogen-bond acceptors (Lipinski definition) is 6. The molecule has 0 aliphatic carbocycles. The van der Waals surface area contributed by atoms with E-state index in [0.717, 1.165) is 19.4 Å². The average molecular weight is 208 g/mol. The van der Waals surface area contributed by atoms with Gasteiger partial charge in [0.1, 0.15) is 0 Å². The molecule has 0 aromatic carbocycles. The van der Waals surface area contributed by atoms with Gasteiger partial charge < -0.3 is 11.1 Å². The maximum Gasteiger partial charge on any atom is 0.227 e. The number of unbranched alkanes of at least 4 members (excludes halogenated alkanes) is 1. The molecule has 80 valence electrons. The van der Waals surface area contributed by atoms with Crippen molar-refractivity contribution in [3.63, 3.8) is 0 Å². The topological polar surface area (TPSA) is 125 Å². The summed E-state index contributed by atoms with van der Waals surface area (Å²) in [5.41, 5.74) is 13.6. The van der Waals surface area contributed by atoms with Crippen LogP contribution in [-0.4, -0.2) is 21.5 Å². The number of nitrogen functional groups attached to an aromatic ring is 1. The van der Waals surface area contributed by atoms with Crippen LogP contribution in [0.25, 0.3) is 10.4 Å². The summed E-state index contributed by atoms with van der Waals surface area (Å²) in [6, 6.07) is 0. The second-order valence-electron chi connectivity index (χ2n) is 2.79. The largest absolute Gasteiger partial charge is 0.368 e. The molecule has 8 nitrogen and oxygen atoms in total. The van der Waals surface area contributed by atoms with Crippen LogP contribution in [0.5, 0.6) is 0 Å². The Hall–Kier alpha value is -2.08. The normalized spacial score (nSPS) is 9.40. The van der Waals surface area contributed by atoms with Crippen LogP contribution >= 0.6 is 0 Å². The van der Waals surface area contributed by atoms with Gasteiger partial charge in [0.25, 0.3) is 0 Å². The number of nitrogens with one attached hydrogen (secondary N) is 1. The molecule has 1 rings (SSSR count).